The number of methoxy groups -OCH3 is 1. The van der Waals surface area contributed by atoms with E-state index in [9.17, 15) is 4.79 Å². The monoisotopic (exact) mass is 347 g/mol. The number of H-pyrrole nitrogens is 1. The van der Waals surface area contributed by atoms with Crippen LogP contribution in [0, 0.1) is 0 Å². The zero-order valence-corrected chi connectivity index (χ0v) is 14.5. The number of ether oxygens (including phenoxy) is 1. The van der Waals surface area contributed by atoms with Crippen molar-refractivity contribution in [1.29, 1.82) is 0 Å². The fourth-order valence-corrected chi connectivity index (χ4v) is 3.45. The Morgan fingerprint density at radius 2 is 2.17 bits per heavy atom. The predicted octanol–water partition coefficient (Wildman–Crippen LogP) is 1.25. The van der Waals surface area contributed by atoms with Crippen LogP contribution in [0.5, 0.6) is 5.75 Å². The topological polar surface area (TPSA) is 74.3 Å². The van der Waals surface area contributed by atoms with Crippen molar-refractivity contribution < 1.29 is 9.53 Å². The molecular weight excluding hydrogens is 326 g/mol. The molecule has 0 spiro atoms. The van der Waals surface area contributed by atoms with E-state index in [1.807, 2.05) is 29.2 Å². The molecule has 0 atom stereocenters. The maximum Gasteiger partial charge on any atom is 0.233 e. The molecule has 1 amide bonds. The van der Waals surface area contributed by atoms with Crippen LogP contribution in [0.2, 0.25) is 0 Å². The van der Waals surface area contributed by atoms with Crippen molar-refractivity contribution in [3.8, 4) is 5.75 Å². The molecule has 128 valence electrons. The summed E-state index contributed by atoms with van der Waals surface area (Å²) in [5, 5.41) is 6.73. The molecule has 0 radical (unpaired) electrons. The van der Waals surface area contributed by atoms with Gasteiger partial charge in [0.15, 0.2) is 0 Å². The Morgan fingerprint density at radius 3 is 2.88 bits per heavy atom. The van der Waals surface area contributed by atoms with Gasteiger partial charge in [0.1, 0.15) is 17.9 Å². The molecule has 1 N–H and O–H groups in total. The first-order valence-corrected chi connectivity index (χ1v) is 8.84. The quantitative estimate of drug-likeness (QED) is 0.793. The lowest BCUT2D eigenvalue weighted by atomic mass is 10.3. The molecule has 8 heteroatoms. The largest absolute Gasteiger partial charge is 0.497 e. The first-order chi connectivity index (χ1) is 11.7. The summed E-state index contributed by atoms with van der Waals surface area (Å²) in [6.45, 7) is 3.98. The average molecular weight is 347 g/mol. The molecule has 24 heavy (non-hydrogen) atoms. The number of hydrogen-bond acceptors (Lipinski definition) is 6. The number of aromatic nitrogens is 3. The molecule has 1 aliphatic heterocycles. The zero-order valence-electron chi connectivity index (χ0n) is 13.6. The van der Waals surface area contributed by atoms with E-state index in [1.165, 1.54) is 6.33 Å². The van der Waals surface area contributed by atoms with Crippen LogP contribution < -0.4 is 4.74 Å². The minimum atomic E-state index is 0.183. The highest BCUT2D eigenvalue weighted by Crippen LogP contribution is 2.23. The number of carbonyl (C=O) groups is 1. The number of rotatable bonds is 6. The third kappa shape index (κ3) is 4.48. The minimum absolute atomic E-state index is 0.183. The van der Waals surface area contributed by atoms with Gasteiger partial charge in [-0.1, -0.05) is 6.07 Å². The summed E-state index contributed by atoms with van der Waals surface area (Å²) < 4.78 is 5.21. The Balaban J connectivity index is 1.43. The lowest BCUT2D eigenvalue weighted by Gasteiger charge is -2.34. The molecule has 2 aromatic rings. The highest BCUT2D eigenvalue weighted by Gasteiger charge is 2.21. The molecule has 0 aliphatic carbocycles. The average Bonchev–Trinajstić information content (AvgIpc) is 3.13. The SMILES string of the molecule is COc1cccc(SCC(=O)N2CCN(Cc3ncn[nH]3)CC2)c1. The van der Waals surface area contributed by atoms with Crippen molar-refractivity contribution in [3.63, 3.8) is 0 Å². The van der Waals surface area contributed by atoms with Crippen LogP contribution in [0.25, 0.3) is 0 Å². The zero-order chi connectivity index (χ0) is 16.8. The molecule has 1 saturated heterocycles. The van der Waals surface area contributed by atoms with Gasteiger partial charge in [0.2, 0.25) is 5.91 Å². The van der Waals surface area contributed by atoms with Crippen LogP contribution in [0.4, 0.5) is 0 Å². The van der Waals surface area contributed by atoms with Gasteiger partial charge in [-0.3, -0.25) is 14.8 Å². The van der Waals surface area contributed by atoms with Gasteiger partial charge in [-0.05, 0) is 18.2 Å². The molecule has 0 unspecified atom stereocenters. The molecule has 2 heterocycles. The van der Waals surface area contributed by atoms with Crippen LogP contribution >= 0.6 is 11.8 Å². The lowest BCUT2D eigenvalue weighted by Crippen LogP contribution is -2.48. The second-order valence-corrected chi connectivity index (χ2v) is 6.61. The van der Waals surface area contributed by atoms with Gasteiger partial charge in [-0.15, -0.1) is 11.8 Å². The van der Waals surface area contributed by atoms with Crippen molar-refractivity contribution >= 4 is 17.7 Å². The number of piperazine rings is 1. The Bertz CT molecular complexity index is 656. The van der Waals surface area contributed by atoms with Crippen LogP contribution in [-0.4, -0.2) is 69.9 Å². The molecule has 0 saturated carbocycles. The van der Waals surface area contributed by atoms with Crippen LogP contribution in [-0.2, 0) is 11.3 Å². The van der Waals surface area contributed by atoms with E-state index in [1.54, 1.807) is 18.9 Å². The number of carbonyl (C=O) groups excluding carboxylic acids is 1. The van der Waals surface area contributed by atoms with Crippen LogP contribution in [0.15, 0.2) is 35.5 Å². The fourth-order valence-electron chi connectivity index (χ4n) is 2.60. The van der Waals surface area contributed by atoms with E-state index in [0.717, 1.165) is 49.2 Å². The standard InChI is InChI=1S/C16H21N5O2S/c1-23-13-3-2-4-14(9-13)24-11-16(22)21-7-5-20(6-8-21)10-15-17-12-18-19-15/h2-4,9,12H,5-8,10-11H2,1H3,(H,17,18,19). The number of amides is 1. The molecule has 3 rings (SSSR count). The van der Waals surface area contributed by atoms with E-state index in [4.69, 9.17) is 4.74 Å². The summed E-state index contributed by atoms with van der Waals surface area (Å²) in [7, 11) is 1.65. The van der Waals surface area contributed by atoms with Gasteiger partial charge in [0.05, 0.1) is 19.4 Å². The summed E-state index contributed by atoms with van der Waals surface area (Å²) in [5.74, 6) is 2.31. The summed E-state index contributed by atoms with van der Waals surface area (Å²) in [6, 6.07) is 7.79. The van der Waals surface area contributed by atoms with Crippen molar-refractivity contribution in [2.45, 2.75) is 11.4 Å². The Kier molecular flexibility index (Phi) is 5.71. The molecule has 1 aromatic heterocycles. The smallest absolute Gasteiger partial charge is 0.233 e. The third-order valence-electron chi connectivity index (χ3n) is 3.97. The molecule has 1 fully saturated rings. The minimum Gasteiger partial charge on any atom is -0.497 e. The Labute approximate surface area is 145 Å². The highest BCUT2D eigenvalue weighted by molar-refractivity contribution is 8.00. The van der Waals surface area contributed by atoms with Gasteiger partial charge in [-0.25, -0.2) is 4.98 Å². The van der Waals surface area contributed by atoms with Gasteiger partial charge in [0, 0.05) is 31.1 Å². The van der Waals surface area contributed by atoms with Gasteiger partial charge >= 0.3 is 0 Å². The number of thioether (sulfide) groups is 1. The fraction of sp³-hybridized carbons (Fsp3) is 0.438. The molecule has 1 aliphatic rings. The van der Waals surface area contributed by atoms with Crippen molar-refractivity contribution in [2.24, 2.45) is 0 Å². The van der Waals surface area contributed by atoms with E-state index < -0.39 is 0 Å². The van der Waals surface area contributed by atoms with Gasteiger partial charge < -0.3 is 9.64 Å². The lowest BCUT2D eigenvalue weighted by molar-refractivity contribution is -0.130. The number of aromatic amines is 1. The number of nitrogens with one attached hydrogen (secondary N) is 1. The number of benzene rings is 1. The first-order valence-electron chi connectivity index (χ1n) is 7.86. The molecule has 1 aromatic carbocycles. The number of hydrogen-bond donors (Lipinski definition) is 1. The van der Waals surface area contributed by atoms with E-state index in [2.05, 4.69) is 20.1 Å². The van der Waals surface area contributed by atoms with E-state index in [0.29, 0.717) is 5.75 Å². The Hall–Kier alpha value is -2.06. The third-order valence-corrected chi connectivity index (χ3v) is 4.95. The summed E-state index contributed by atoms with van der Waals surface area (Å²) >= 11 is 1.55. The van der Waals surface area contributed by atoms with Gasteiger partial charge in [-0.2, -0.15) is 5.10 Å². The highest BCUT2D eigenvalue weighted by atomic mass is 32.2. The normalized spacial score (nSPS) is 15.5. The Morgan fingerprint density at radius 1 is 1.33 bits per heavy atom. The first kappa shape index (κ1) is 16.8. The van der Waals surface area contributed by atoms with Gasteiger partial charge in [0.25, 0.3) is 0 Å². The predicted molar refractivity (Wildman–Crippen MR) is 92.0 cm³/mol. The summed E-state index contributed by atoms with van der Waals surface area (Å²) in [5.41, 5.74) is 0. The maximum atomic E-state index is 12.4. The van der Waals surface area contributed by atoms with Crippen LogP contribution in [0.3, 0.4) is 0 Å². The van der Waals surface area contributed by atoms with Crippen LogP contribution in [0.1, 0.15) is 5.82 Å². The molecule has 0 bridgehead atoms. The number of nitrogens with zero attached hydrogens (tertiary/aromatic N) is 4. The second-order valence-electron chi connectivity index (χ2n) is 5.56. The maximum absolute atomic E-state index is 12.4. The molecular formula is C16H21N5O2S. The van der Waals surface area contributed by atoms with Crippen molar-refractivity contribution in [2.75, 3.05) is 39.0 Å². The van der Waals surface area contributed by atoms with Crippen molar-refractivity contribution in [3.05, 3.63) is 36.4 Å². The van der Waals surface area contributed by atoms with Crippen molar-refractivity contribution in [1.82, 2.24) is 25.0 Å². The molecule has 7 nitrogen and oxygen atoms in total. The van der Waals surface area contributed by atoms with E-state index in [-0.39, 0.29) is 5.91 Å². The van der Waals surface area contributed by atoms with E-state index >= 15 is 0 Å². The summed E-state index contributed by atoms with van der Waals surface area (Å²) in [4.78, 5) is 21.8. The summed E-state index contributed by atoms with van der Waals surface area (Å²) in [6.07, 6.45) is 1.52. The second kappa shape index (κ2) is 8.16.